The lowest BCUT2D eigenvalue weighted by Gasteiger charge is -2.18. The number of benzene rings is 1. The fourth-order valence-corrected chi connectivity index (χ4v) is 3.26. The zero-order valence-electron chi connectivity index (χ0n) is 17.5. The van der Waals surface area contributed by atoms with E-state index in [1.165, 1.54) is 0 Å². The highest BCUT2D eigenvalue weighted by Crippen LogP contribution is 2.25. The van der Waals surface area contributed by atoms with E-state index in [9.17, 15) is 0 Å². The molecule has 0 bridgehead atoms. The molecule has 0 aliphatic carbocycles. The van der Waals surface area contributed by atoms with Crippen molar-refractivity contribution >= 4 is 5.82 Å². The number of hydrogen-bond donors (Lipinski definition) is 1. The molecule has 7 heteroatoms. The van der Waals surface area contributed by atoms with Crippen LogP contribution in [0.25, 0.3) is 11.1 Å². The third kappa shape index (κ3) is 4.51. The number of likely N-dealkylation sites (N-methyl/N-ethyl adjacent to an activating group) is 1. The molecule has 7 nitrogen and oxygen atoms in total. The Bertz CT molecular complexity index is 1070. The summed E-state index contributed by atoms with van der Waals surface area (Å²) in [5, 5.41) is 8.25. The van der Waals surface area contributed by atoms with Crippen LogP contribution in [0, 0.1) is 6.92 Å². The van der Waals surface area contributed by atoms with Crippen LogP contribution < -0.4 is 9.64 Å². The molecule has 1 aromatic carbocycles. The molecular formula is C23H26N6O. The average molecular weight is 403 g/mol. The molecule has 154 valence electrons. The predicted molar refractivity (Wildman–Crippen MR) is 118 cm³/mol. The number of pyridine rings is 1. The monoisotopic (exact) mass is 402 g/mol. The Labute approximate surface area is 176 Å². The van der Waals surface area contributed by atoms with Crippen LogP contribution in [0.15, 0.2) is 67.1 Å². The molecule has 0 amide bonds. The van der Waals surface area contributed by atoms with Gasteiger partial charge in [-0.25, -0.2) is 4.98 Å². The summed E-state index contributed by atoms with van der Waals surface area (Å²) in [5.74, 6) is 3.48. The van der Waals surface area contributed by atoms with Crippen molar-refractivity contribution in [2.24, 2.45) is 0 Å². The van der Waals surface area contributed by atoms with E-state index < -0.39 is 0 Å². The van der Waals surface area contributed by atoms with Crippen molar-refractivity contribution < 1.29 is 4.74 Å². The van der Waals surface area contributed by atoms with Gasteiger partial charge in [0.1, 0.15) is 24.0 Å². The molecule has 30 heavy (non-hydrogen) atoms. The molecule has 0 fully saturated rings. The lowest BCUT2D eigenvalue weighted by molar-refractivity contribution is 0.325. The number of anilines is 1. The van der Waals surface area contributed by atoms with E-state index in [1.54, 1.807) is 6.20 Å². The standard InChI is InChI=1S/C23H26N6O/c1-17(23-25-18(2)26-27-23)29-13-11-20(16-29)19-7-9-21(10-8-19)30-15-14-28(3)22-6-4-5-12-24-22/h4-13,16-17H,14-15H2,1-3H3,(H,25,26,27)/t17-/m0/s1. The van der Waals surface area contributed by atoms with E-state index in [1.807, 2.05) is 44.3 Å². The number of aromatic nitrogens is 5. The Kier molecular flexibility index (Phi) is 5.79. The molecule has 0 aliphatic rings. The van der Waals surface area contributed by atoms with Crippen LogP contribution >= 0.6 is 0 Å². The maximum Gasteiger partial charge on any atom is 0.153 e. The van der Waals surface area contributed by atoms with Crippen LogP contribution in [-0.2, 0) is 0 Å². The summed E-state index contributed by atoms with van der Waals surface area (Å²) in [6.07, 6.45) is 5.99. The van der Waals surface area contributed by atoms with Crippen LogP contribution in [0.1, 0.15) is 24.6 Å². The predicted octanol–water partition coefficient (Wildman–Crippen LogP) is 4.10. The number of ether oxygens (including phenoxy) is 1. The minimum absolute atomic E-state index is 0.0960. The first-order chi connectivity index (χ1) is 14.6. The summed E-state index contributed by atoms with van der Waals surface area (Å²) in [7, 11) is 2.01. The Balaban J connectivity index is 1.34. The minimum Gasteiger partial charge on any atom is -0.492 e. The maximum absolute atomic E-state index is 5.90. The second-order valence-corrected chi connectivity index (χ2v) is 7.30. The molecule has 4 rings (SSSR count). The number of aromatic amines is 1. The molecule has 0 spiro atoms. The molecular weight excluding hydrogens is 376 g/mol. The lowest BCUT2D eigenvalue weighted by Crippen LogP contribution is -2.24. The van der Waals surface area contributed by atoms with Gasteiger partial charge in [0.15, 0.2) is 5.82 Å². The molecule has 1 N–H and O–H groups in total. The first kappa shape index (κ1) is 19.7. The van der Waals surface area contributed by atoms with Crippen LogP contribution in [0.5, 0.6) is 5.75 Å². The first-order valence-electron chi connectivity index (χ1n) is 10.0. The summed E-state index contributed by atoms with van der Waals surface area (Å²) < 4.78 is 8.03. The van der Waals surface area contributed by atoms with Gasteiger partial charge < -0.3 is 19.2 Å². The molecule has 3 aromatic heterocycles. The van der Waals surface area contributed by atoms with E-state index in [4.69, 9.17) is 4.74 Å². The third-order valence-electron chi connectivity index (χ3n) is 5.10. The number of nitrogens with zero attached hydrogens (tertiary/aromatic N) is 5. The topological polar surface area (TPSA) is 71.9 Å². The van der Waals surface area contributed by atoms with Gasteiger partial charge in [-0.2, -0.15) is 0 Å². The molecule has 3 heterocycles. The fourth-order valence-electron chi connectivity index (χ4n) is 3.26. The van der Waals surface area contributed by atoms with Gasteiger partial charge in [-0.3, -0.25) is 0 Å². The summed E-state index contributed by atoms with van der Waals surface area (Å²) >= 11 is 0. The SMILES string of the molecule is Cc1nnc([C@H](C)n2ccc(-c3ccc(OCCN(C)c4ccccn4)cc3)c2)[nH]1. The van der Waals surface area contributed by atoms with Crippen molar-refractivity contribution in [2.45, 2.75) is 19.9 Å². The molecule has 0 aliphatic heterocycles. The van der Waals surface area contributed by atoms with E-state index in [2.05, 4.69) is 67.1 Å². The quantitative estimate of drug-likeness (QED) is 0.480. The largest absolute Gasteiger partial charge is 0.492 e. The van der Waals surface area contributed by atoms with E-state index in [0.29, 0.717) is 6.61 Å². The Morgan fingerprint density at radius 2 is 1.90 bits per heavy atom. The smallest absolute Gasteiger partial charge is 0.153 e. The van der Waals surface area contributed by atoms with Crippen molar-refractivity contribution in [3.8, 4) is 16.9 Å². The summed E-state index contributed by atoms with van der Waals surface area (Å²) in [6, 6.07) is 16.3. The highest BCUT2D eigenvalue weighted by molar-refractivity contribution is 5.63. The Morgan fingerprint density at radius 1 is 1.07 bits per heavy atom. The van der Waals surface area contributed by atoms with Crippen LogP contribution in [0.4, 0.5) is 5.82 Å². The van der Waals surface area contributed by atoms with E-state index in [-0.39, 0.29) is 6.04 Å². The number of hydrogen-bond acceptors (Lipinski definition) is 5. The number of nitrogens with one attached hydrogen (secondary N) is 1. The fraction of sp³-hybridized carbons (Fsp3) is 0.261. The second kappa shape index (κ2) is 8.82. The normalized spacial score (nSPS) is 12.0. The minimum atomic E-state index is 0.0960. The van der Waals surface area contributed by atoms with Gasteiger partial charge in [-0.1, -0.05) is 18.2 Å². The number of aryl methyl sites for hydroxylation is 1. The number of rotatable bonds is 8. The van der Waals surface area contributed by atoms with Crippen molar-refractivity contribution in [3.05, 3.63) is 78.8 Å². The van der Waals surface area contributed by atoms with Crippen LogP contribution in [-0.4, -0.2) is 44.9 Å². The maximum atomic E-state index is 5.90. The van der Waals surface area contributed by atoms with Crippen molar-refractivity contribution in [1.29, 1.82) is 0 Å². The second-order valence-electron chi connectivity index (χ2n) is 7.30. The van der Waals surface area contributed by atoms with Crippen molar-refractivity contribution in [1.82, 2.24) is 24.7 Å². The summed E-state index contributed by atoms with van der Waals surface area (Å²) in [5.41, 5.74) is 2.30. The molecule has 0 radical (unpaired) electrons. The van der Waals surface area contributed by atoms with Crippen molar-refractivity contribution in [2.75, 3.05) is 25.1 Å². The average Bonchev–Trinajstić information content (AvgIpc) is 3.44. The van der Waals surface area contributed by atoms with Gasteiger partial charge in [0.2, 0.25) is 0 Å². The Morgan fingerprint density at radius 3 is 2.60 bits per heavy atom. The number of H-pyrrole nitrogens is 1. The molecule has 0 saturated carbocycles. The van der Waals surface area contributed by atoms with E-state index >= 15 is 0 Å². The summed E-state index contributed by atoms with van der Waals surface area (Å²) in [4.78, 5) is 9.62. The zero-order valence-corrected chi connectivity index (χ0v) is 17.5. The summed E-state index contributed by atoms with van der Waals surface area (Å²) in [6.45, 7) is 5.37. The van der Waals surface area contributed by atoms with Gasteiger partial charge in [0.25, 0.3) is 0 Å². The molecule has 1 atom stereocenters. The third-order valence-corrected chi connectivity index (χ3v) is 5.10. The zero-order chi connectivity index (χ0) is 20.9. The molecule has 0 unspecified atom stereocenters. The first-order valence-corrected chi connectivity index (χ1v) is 10.0. The van der Waals surface area contributed by atoms with Gasteiger partial charge >= 0.3 is 0 Å². The van der Waals surface area contributed by atoms with Gasteiger partial charge in [-0.15, -0.1) is 10.2 Å². The van der Waals surface area contributed by atoms with E-state index in [0.717, 1.165) is 40.9 Å². The van der Waals surface area contributed by atoms with Crippen LogP contribution in [0.3, 0.4) is 0 Å². The van der Waals surface area contributed by atoms with Gasteiger partial charge in [0.05, 0.1) is 12.6 Å². The van der Waals surface area contributed by atoms with Crippen molar-refractivity contribution in [3.63, 3.8) is 0 Å². The molecule has 4 aromatic rings. The highest BCUT2D eigenvalue weighted by Gasteiger charge is 2.12. The lowest BCUT2D eigenvalue weighted by atomic mass is 10.1. The van der Waals surface area contributed by atoms with Crippen LogP contribution in [0.2, 0.25) is 0 Å². The van der Waals surface area contributed by atoms with Gasteiger partial charge in [-0.05, 0) is 55.3 Å². The Hall–Kier alpha value is -3.61. The molecule has 0 saturated heterocycles. The highest BCUT2D eigenvalue weighted by atomic mass is 16.5. The van der Waals surface area contributed by atoms with Gasteiger partial charge in [0, 0.05) is 25.6 Å².